The molecule has 0 aliphatic heterocycles. The normalized spacial score (nSPS) is 12.3. The van der Waals surface area contributed by atoms with Gasteiger partial charge in [0.15, 0.2) is 0 Å². The minimum Gasteiger partial charge on any atom is -0.359 e. The van der Waals surface area contributed by atoms with E-state index in [-0.39, 0.29) is 0 Å². The molecule has 0 heterocycles. The topological polar surface area (TPSA) is 42.7 Å². The van der Waals surface area contributed by atoms with Crippen molar-refractivity contribution in [3.63, 3.8) is 0 Å². The molecule has 0 aromatic carbocycles. The average molecular weight is 252 g/mol. The molecule has 0 aliphatic rings. The SMILES string of the molecule is C=N/C(=C(/C)C(C)=N)N(C)CCCCN(C)CC. The van der Waals surface area contributed by atoms with Crippen LogP contribution >= 0.6 is 0 Å². The third-order valence-electron chi connectivity index (χ3n) is 3.23. The van der Waals surface area contributed by atoms with E-state index in [2.05, 4.69) is 35.5 Å². The Morgan fingerprint density at radius 3 is 2.17 bits per heavy atom. The van der Waals surface area contributed by atoms with Crippen LogP contribution in [0.2, 0.25) is 0 Å². The summed E-state index contributed by atoms with van der Waals surface area (Å²) in [7, 11) is 4.16. The first-order valence-electron chi connectivity index (χ1n) is 6.56. The Bertz CT molecular complexity index is 307. The van der Waals surface area contributed by atoms with Crippen molar-refractivity contribution in [2.24, 2.45) is 4.99 Å². The van der Waals surface area contributed by atoms with Gasteiger partial charge in [0.25, 0.3) is 0 Å². The second kappa shape index (κ2) is 8.86. The fraction of sp³-hybridized carbons (Fsp3) is 0.714. The number of aliphatic imine (C=N–C) groups is 1. The Hall–Kier alpha value is -1.16. The van der Waals surface area contributed by atoms with Gasteiger partial charge in [0, 0.05) is 24.9 Å². The van der Waals surface area contributed by atoms with Gasteiger partial charge in [0.2, 0.25) is 0 Å². The highest BCUT2D eigenvalue weighted by molar-refractivity contribution is 5.95. The molecule has 4 nitrogen and oxygen atoms in total. The lowest BCUT2D eigenvalue weighted by molar-refractivity contribution is 0.325. The Morgan fingerprint density at radius 1 is 1.17 bits per heavy atom. The summed E-state index contributed by atoms with van der Waals surface area (Å²) in [5, 5.41) is 7.64. The van der Waals surface area contributed by atoms with E-state index in [1.54, 1.807) is 6.92 Å². The number of rotatable bonds is 9. The molecule has 1 N–H and O–H groups in total. The predicted molar refractivity (Wildman–Crippen MR) is 80.7 cm³/mol. The predicted octanol–water partition coefficient (Wildman–Crippen LogP) is 2.62. The van der Waals surface area contributed by atoms with E-state index in [0.29, 0.717) is 5.71 Å². The van der Waals surface area contributed by atoms with Crippen LogP contribution in [0.3, 0.4) is 0 Å². The standard InChI is InChI=1S/C14H28N4/c1-7-17(5)10-8-9-11-18(6)14(16-4)12(2)13(3)15/h15H,4,7-11H2,1-3,5-6H3/b14-12+,15-13?. The van der Waals surface area contributed by atoms with Gasteiger partial charge in [-0.2, -0.15) is 0 Å². The van der Waals surface area contributed by atoms with E-state index in [1.165, 1.54) is 6.42 Å². The van der Waals surface area contributed by atoms with Gasteiger partial charge in [0.1, 0.15) is 5.82 Å². The summed E-state index contributed by atoms with van der Waals surface area (Å²) in [6, 6.07) is 0. The van der Waals surface area contributed by atoms with Gasteiger partial charge < -0.3 is 15.2 Å². The first kappa shape index (κ1) is 16.8. The van der Waals surface area contributed by atoms with E-state index < -0.39 is 0 Å². The maximum atomic E-state index is 7.64. The fourth-order valence-corrected chi connectivity index (χ4v) is 1.69. The molecule has 0 spiro atoms. The summed E-state index contributed by atoms with van der Waals surface area (Å²) in [6.07, 6.45) is 2.31. The Balaban J connectivity index is 4.23. The van der Waals surface area contributed by atoms with Crippen LogP contribution in [0.15, 0.2) is 16.4 Å². The van der Waals surface area contributed by atoms with E-state index in [4.69, 9.17) is 5.41 Å². The van der Waals surface area contributed by atoms with Crippen LogP contribution < -0.4 is 0 Å². The van der Waals surface area contributed by atoms with Crippen LogP contribution in [-0.2, 0) is 0 Å². The molecule has 104 valence electrons. The van der Waals surface area contributed by atoms with Gasteiger partial charge in [-0.05, 0) is 53.5 Å². The smallest absolute Gasteiger partial charge is 0.132 e. The second-order valence-electron chi connectivity index (χ2n) is 4.76. The summed E-state index contributed by atoms with van der Waals surface area (Å²) in [4.78, 5) is 8.45. The molecular formula is C14H28N4. The van der Waals surface area contributed by atoms with E-state index in [1.807, 2.05) is 14.0 Å². The fourth-order valence-electron chi connectivity index (χ4n) is 1.69. The highest BCUT2D eigenvalue weighted by atomic mass is 15.2. The number of unbranched alkanes of at least 4 members (excludes halogenated alkanes) is 1. The van der Waals surface area contributed by atoms with E-state index in [9.17, 15) is 0 Å². The number of nitrogens with zero attached hydrogens (tertiary/aromatic N) is 3. The Labute approximate surface area is 112 Å². The van der Waals surface area contributed by atoms with Crippen LogP contribution in [0.25, 0.3) is 0 Å². The summed E-state index contributed by atoms with van der Waals surface area (Å²) >= 11 is 0. The molecule has 4 heteroatoms. The van der Waals surface area contributed by atoms with Crippen molar-refractivity contribution in [1.82, 2.24) is 9.80 Å². The molecule has 0 aromatic rings. The van der Waals surface area contributed by atoms with Crippen LogP contribution in [0.5, 0.6) is 0 Å². The van der Waals surface area contributed by atoms with Gasteiger partial charge in [0.05, 0.1) is 0 Å². The molecule has 0 rings (SSSR count). The van der Waals surface area contributed by atoms with Crippen LogP contribution in [-0.4, -0.2) is 56.0 Å². The van der Waals surface area contributed by atoms with Crippen molar-refractivity contribution in [2.75, 3.05) is 33.7 Å². The molecule has 0 amide bonds. The molecule has 0 saturated carbocycles. The maximum absolute atomic E-state index is 7.64. The minimum atomic E-state index is 0.551. The molecule has 0 unspecified atom stereocenters. The van der Waals surface area contributed by atoms with Crippen molar-refractivity contribution in [1.29, 1.82) is 5.41 Å². The molecule has 0 atom stereocenters. The third-order valence-corrected chi connectivity index (χ3v) is 3.23. The summed E-state index contributed by atoms with van der Waals surface area (Å²) in [6.45, 7) is 12.7. The first-order chi connectivity index (χ1) is 8.43. The zero-order valence-electron chi connectivity index (χ0n) is 12.6. The zero-order chi connectivity index (χ0) is 14.1. The van der Waals surface area contributed by atoms with Crippen molar-refractivity contribution in [2.45, 2.75) is 33.6 Å². The summed E-state index contributed by atoms with van der Waals surface area (Å²) in [5.74, 6) is 0.825. The van der Waals surface area contributed by atoms with E-state index in [0.717, 1.165) is 37.4 Å². The second-order valence-corrected chi connectivity index (χ2v) is 4.76. The van der Waals surface area contributed by atoms with Crippen molar-refractivity contribution >= 4 is 12.4 Å². The number of hydrogen-bond acceptors (Lipinski definition) is 4. The molecule has 0 bridgehead atoms. The van der Waals surface area contributed by atoms with Gasteiger partial charge >= 0.3 is 0 Å². The lowest BCUT2D eigenvalue weighted by Gasteiger charge is -2.22. The Morgan fingerprint density at radius 2 is 1.72 bits per heavy atom. The first-order valence-corrected chi connectivity index (χ1v) is 6.56. The molecule has 18 heavy (non-hydrogen) atoms. The van der Waals surface area contributed by atoms with Gasteiger partial charge in [-0.1, -0.05) is 6.92 Å². The lowest BCUT2D eigenvalue weighted by atomic mass is 10.2. The molecule has 0 saturated heterocycles. The highest BCUT2D eigenvalue weighted by Gasteiger charge is 2.08. The van der Waals surface area contributed by atoms with Crippen LogP contribution in [0, 0.1) is 5.41 Å². The number of allylic oxidation sites excluding steroid dienone is 1. The molecule has 0 aromatic heterocycles. The van der Waals surface area contributed by atoms with Gasteiger partial charge in [-0.3, -0.25) is 0 Å². The summed E-state index contributed by atoms with van der Waals surface area (Å²) < 4.78 is 0. The van der Waals surface area contributed by atoms with Crippen molar-refractivity contribution in [3.05, 3.63) is 11.4 Å². The number of nitrogens with one attached hydrogen (secondary N) is 1. The highest BCUT2D eigenvalue weighted by Crippen LogP contribution is 2.11. The monoisotopic (exact) mass is 252 g/mol. The maximum Gasteiger partial charge on any atom is 0.132 e. The van der Waals surface area contributed by atoms with Crippen LogP contribution in [0.4, 0.5) is 0 Å². The molecular weight excluding hydrogens is 224 g/mol. The van der Waals surface area contributed by atoms with Crippen molar-refractivity contribution in [3.8, 4) is 0 Å². The Kier molecular flexibility index (Phi) is 8.29. The molecule has 0 radical (unpaired) electrons. The van der Waals surface area contributed by atoms with Gasteiger partial charge in [-0.25, -0.2) is 4.99 Å². The van der Waals surface area contributed by atoms with Crippen molar-refractivity contribution < 1.29 is 0 Å². The quantitative estimate of drug-likeness (QED) is 0.506. The van der Waals surface area contributed by atoms with E-state index >= 15 is 0 Å². The minimum absolute atomic E-state index is 0.551. The third kappa shape index (κ3) is 5.96. The lowest BCUT2D eigenvalue weighted by Crippen LogP contribution is -2.23. The average Bonchev–Trinajstić information content (AvgIpc) is 2.34. The van der Waals surface area contributed by atoms with Crippen LogP contribution in [0.1, 0.15) is 33.6 Å². The molecule has 0 fully saturated rings. The number of hydrogen-bond donors (Lipinski definition) is 1. The molecule has 0 aliphatic carbocycles. The van der Waals surface area contributed by atoms with Gasteiger partial charge in [-0.15, -0.1) is 0 Å². The zero-order valence-corrected chi connectivity index (χ0v) is 12.6. The summed E-state index contributed by atoms with van der Waals surface area (Å²) in [5.41, 5.74) is 1.45. The largest absolute Gasteiger partial charge is 0.359 e.